The molecule has 3 aromatic carbocycles. The molecule has 3 aromatic rings. The number of carbonyl (C=O) groups excluding carboxylic acids is 3. The summed E-state index contributed by atoms with van der Waals surface area (Å²) in [7, 11) is 0. The van der Waals surface area contributed by atoms with Crippen molar-refractivity contribution in [2.24, 2.45) is 0 Å². The van der Waals surface area contributed by atoms with Crippen LogP contribution in [0.4, 0.5) is 11.4 Å². The van der Waals surface area contributed by atoms with Crippen molar-refractivity contribution in [2.75, 3.05) is 23.8 Å². The van der Waals surface area contributed by atoms with Gasteiger partial charge in [0.05, 0.1) is 24.6 Å². The van der Waals surface area contributed by atoms with Crippen LogP contribution in [0, 0.1) is 13.8 Å². The minimum absolute atomic E-state index is 0.0216. The molecule has 0 aliphatic carbocycles. The summed E-state index contributed by atoms with van der Waals surface area (Å²) in [6.07, 6.45) is 0.107. The van der Waals surface area contributed by atoms with Gasteiger partial charge in [0, 0.05) is 36.1 Å². The molecule has 7 nitrogen and oxygen atoms in total. The highest BCUT2D eigenvalue weighted by Gasteiger charge is 2.18. The molecular weight excluding hydrogens is 456 g/mol. The molecule has 2 N–H and O–H groups in total. The number of aryl methyl sites for hydroxylation is 2. The van der Waals surface area contributed by atoms with Crippen molar-refractivity contribution < 1.29 is 23.9 Å². The number of Topliss-reactive ketones (excluding diaryl/α,β-unsaturated/α-hetero) is 1. The van der Waals surface area contributed by atoms with Gasteiger partial charge in [-0.2, -0.15) is 0 Å². The molecule has 0 saturated heterocycles. The van der Waals surface area contributed by atoms with Crippen molar-refractivity contribution in [2.45, 2.75) is 40.5 Å². The van der Waals surface area contributed by atoms with Crippen LogP contribution in [0.5, 0.6) is 11.5 Å². The van der Waals surface area contributed by atoms with E-state index in [4.69, 9.17) is 9.47 Å². The number of anilines is 2. The average molecular weight is 489 g/mol. The fourth-order valence-corrected chi connectivity index (χ4v) is 3.59. The Labute approximate surface area is 211 Å². The van der Waals surface area contributed by atoms with Gasteiger partial charge in [0.1, 0.15) is 11.5 Å². The number of ether oxygens (including phenoxy) is 2. The minimum atomic E-state index is -0.323. The highest BCUT2D eigenvalue weighted by atomic mass is 16.5. The number of carbonyl (C=O) groups is 3. The predicted molar refractivity (Wildman–Crippen MR) is 141 cm³/mol. The maximum Gasteiger partial charge on any atom is 0.255 e. The molecule has 0 saturated carbocycles. The zero-order chi connectivity index (χ0) is 26.1. The van der Waals surface area contributed by atoms with E-state index in [1.807, 2.05) is 45.9 Å². The Hall–Kier alpha value is -4.13. The van der Waals surface area contributed by atoms with E-state index in [1.165, 1.54) is 0 Å². The summed E-state index contributed by atoms with van der Waals surface area (Å²) in [6, 6.07) is 17.6. The highest BCUT2D eigenvalue weighted by molar-refractivity contribution is 6.06. The minimum Gasteiger partial charge on any atom is -0.492 e. The summed E-state index contributed by atoms with van der Waals surface area (Å²) >= 11 is 0. The Morgan fingerprint density at radius 2 is 1.31 bits per heavy atom. The Balaban J connectivity index is 1.75. The molecule has 0 fully saturated rings. The van der Waals surface area contributed by atoms with Gasteiger partial charge in [-0.1, -0.05) is 30.3 Å². The van der Waals surface area contributed by atoms with E-state index in [9.17, 15) is 14.4 Å². The number of hydrogen-bond donors (Lipinski definition) is 2. The van der Waals surface area contributed by atoms with Crippen molar-refractivity contribution in [1.29, 1.82) is 0 Å². The summed E-state index contributed by atoms with van der Waals surface area (Å²) in [6.45, 7) is 8.31. The molecule has 0 heterocycles. The number of rotatable bonds is 11. The lowest BCUT2D eigenvalue weighted by atomic mass is 10.0. The van der Waals surface area contributed by atoms with Gasteiger partial charge >= 0.3 is 0 Å². The first-order valence-electron chi connectivity index (χ1n) is 12.0. The first kappa shape index (κ1) is 26.5. The fraction of sp³-hybridized carbons (Fsp3) is 0.276. The van der Waals surface area contributed by atoms with E-state index < -0.39 is 0 Å². The number of hydrogen-bond acceptors (Lipinski definition) is 5. The molecule has 0 atom stereocenters. The Morgan fingerprint density at radius 1 is 0.694 bits per heavy atom. The van der Waals surface area contributed by atoms with Gasteiger partial charge in [0.2, 0.25) is 5.91 Å². The summed E-state index contributed by atoms with van der Waals surface area (Å²) in [5.74, 6) is 0.0782. The molecule has 2 amide bonds. The van der Waals surface area contributed by atoms with Gasteiger partial charge in [-0.15, -0.1) is 0 Å². The smallest absolute Gasteiger partial charge is 0.255 e. The van der Waals surface area contributed by atoms with Crippen LogP contribution in [0.15, 0.2) is 60.7 Å². The van der Waals surface area contributed by atoms with E-state index >= 15 is 0 Å². The second kappa shape index (κ2) is 12.5. The molecule has 3 rings (SSSR count). The van der Waals surface area contributed by atoms with Crippen LogP contribution in [-0.2, 0) is 4.79 Å². The van der Waals surface area contributed by atoms with Gasteiger partial charge in [-0.25, -0.2) is 0 Å². The van der Waals surface area contributed by atoms with Crippen LogP contribution >= 0.6 is 0 Å². The van der Waals surface area contributed by atoms with Gasteiger partial charge in [-0.3, -0.25) is 14.4 Å². The van der Waals surface area contributed by atoms with Crippen LogP contribution in [0.2, 0.25) is 0 Å². The molecule has 7 heteroatoms. The van der Waals surface area contributed by atoms with Crippen molar-refractivity contribution in [3.8, 4) is 11.5 Å². The third-order valence-electron chi connectivity index (χ3n) is 5.65. The van der Waals surface area contributed by atoms with Crippen molar-refractivity contribution in [1.82, 2.24) is 0 Å². The Kier molecular flexibility index (Phi) is 9.22. The number of ketones is 1. The molecule has 188 valence electrons. The van der Waals surface area contributed by atoms with Crippen molar-refractivity contribution >= 4 is 29.0 Å². The standard InChI is InChI=1S/C29H32N2O5/c1-5-35-26-18-24(31-29(34)21-10-8-7-9-11-21)27(36-6-2)17-23(26)30-28(33)15-14-25(32)22-13-12-19(3)20(4)16-22/h7-13,16-18H,5-6,14-15H2,1-4H3,(H,30,33)(H,31,34). The second-order valence-corrected chi connectivity index (χ2v) is 8.30. The quantitative estimate of drug-likeness (QED) is 0.325. The van der Waals surface area contributed by atoms with Crippen LogP contribution in [0.1, 0.15) is 58.5 Å². The van der Waals surface area contributed by atoms with Crippen LogP contribution in [-0.4, -0.2) is 30.8 Å². The lowest BCUT2D eigenvalue weighted by Crippen LogP contribution is -2.16. The van der Waals surface area contributed by atoms with E-state index in [0.29, 0.717) is 47.2 Å². The van der Waals surface area contributed by atoms with E-state index in [0.717, 1.165) is 11.1 Å². The number of amides is 2. The van der Waals surface area contributed by atoms with Gasteiger partial charge in [0.25, 0.3) is 5.91 Å². The molecule has 0 spiro atoms. The molecule has 36 heavy (non-hydrogen) atoms. The van der Waals surface area contributed by atoms with E-state index in [2.05, 4.69) is 10.6 Å². The zero-order valence-electron chi connectivity index (χ0n) is 21.1. The Morgan fingerprint density at radius 3 is 1.89 bits per heavy atom. The van der Waals surface area contributed by atoms with E-state index in [1.54, 1.807) is 42.5 Å². The monoisotopic (exact) mass is 488 g/mol. The fourth-order valence-electron chi connectivity index (χ4n) is 3.59. The average Bonchev–Trinajstić information content (AvgIpc) is 2.87. The molecule has 0 aliphatic heterocycles. The maximum atomic E-state index is 12.7. The molecule has 0 radical (unpaired) electrons. The largest absolute Gasteiger partial charge is 0.492 e. The first-order valence-corrected chi connectivity index (χ1v) is 12.0. The second-order valence-electron chi connectivity index (χ2n) is 8.30. The van der Waals surface area contributed by atoms with Gasteiger partial charge in [-0.05, 0) is 57.0 Å². The maximum absolute atomic E-state index is 12.7. The summed E-state index contributed by atoms with van der Waals surface area (Å²) in [5.41, 5.74) is 4.08. The Bertz CT molecular complexity index is 1240. The normalized spacial score (nSPS) is 10.4. The SMILES string of the molecule is CCOc1cc(NC(=O)c2ccccc2)c(OCC)cc1NC(=O)CCC(=O)c1ccc(C)c(C)c1. The van der Waals surface area contributed by atoms with Crippen LogP contribution in [0.3, 0.4) is 0 Å². The summed E-state index contributed by atoms with van der Waals surface area (Å²) in [4.78, 5) is 38.0. The number of nitrogens with one attached hydrogen (secondary N) is 2. The van der Waals surface area contributed by atoms with Crippen LogP contribution < -0.4 is 20.1 Å². The predicted octanol–water partition coefficient (Wildman–Crippen LogP) is 5.95. The molecule has 0 aromatic heterocycles. The van der Waals surface area contributed by atoms with Crippen LogP contribution in [0.25, 0.3) is 0 Å². The topological polar surface area (TPSA) is 93.7 Å². The van der Waals surface area contributed by atoms with Crippen molar-refractivity contribution in [3.63, 3.8) is 0 Å². The number of benzene rings is 3. The summed E-state index contributed by atoms with van der Waals surface area (Å²) < 4.78 is 11.5. The van der Waals surface area contributed by atoms with Gasteiger partial charge in [0.15, 0.2) is 5.78 Å². The summed E-state index contributed by atoms with van der Waals surface area (Å²) in [5, 5.41) is 5.68. The molecular formula is C29H32N2O5. The highest BCUT2D eigenvalue weighted by Crippen LogP contribution is 2.37. The third kappa shape index (κ3) is 6.95. The lowest BCUT2D eigenvalue weighted by Gasteiger charge is -2.18. The molecule has 0 unspecified atom stereocenters. The third-order valence-corrected chi connectivity index (χ3v) is 5.65. The zero-order valence-corrected chi connectivity index (χ0v) is 21.1. The molecule has 0 bridgehead atoms. The van der Waals surface area contributed by atoms with E-state index in [-0.39, 0.29) is 30.4 Å². The lowest BCUT2D eigenvalue weighted by molar-refractivity contribution is -0.116. The van der Waals surface area contributed by atoms with Crippen molar-refractivity contribution in [3.05, 3.63) is 82.9 Å². The molecule has 0 aliphatic rings. The first-order chi connectivity index (χ1) is 17.3. The van der Waals surface area contributed by atoms with Gasteiger partial charge < -0.3 is 20.1 Å².